The minimum absolute atomic E-state index is 0.0214. The van der Waals surface area contributed by atoms with Crippen molar-refractivity contribution in [2.24, 2.45) is 0 Å². The molecule has 0 fully saturated rings. The first kappa shape index (κ1) is 17.4. The van der Waals surface area contributed by atoms with E-state index >= 15 is 0 Å². The standard InChI is InChI=1S/C20H23FN2O2/c21-19-8-5-15(6-9-19)3-1-2-10-22-20(25)23-12-17-7-4-16(14-24)11-18(17)13-23/h4-9,11,24H,1-3,10,12-14H2,(H,22,25). The lowest BCUT2D eigenvalue weighted by Gasteiger charge is -2.16. The third kappa shape index (κ3) is 4.57. The summed E-state index contributed by atoms with van der Waals surface area (Å²) < 4.78 is 12.8. The van der Waals surface area contributed by atoms with E-state index in [-0.39, 0.29) is 18.5 Å². The number of aryl methyl sites for hydroxylation is 1. The van der Waals surface area contributed by atoms with Gasteiger partial charge >= 0.3 is 6.03 Å². The topological polar surface area (TPSA) is 52.6 Å². The molecular formula is C20H23FN2O2. The number of nitrogens with one attached hydrogen (secondary N) is 1. The molecule has 2 aromatic carbocycles. The van der Waals surface area contributed by atoms with Gasteiger partial charge in [0.05, 0.1) is 6.61 Å². The number of carbonyl (C=O) groups is 1. The van der Waals surface area contributed by atoms with E-state index in [4.69, 9.17) is 0 Å². The summed E-state index contributed by atoms with van der Waals surface area (Å²) in [6, 6.07) is 12.3. The van der Waals surface area contributed by atoms with Crippen LogP contribution < -0.4 is 5.32 Å². The maximum absolute atomic E-state index is 12.8. The van der Waals surface area contributed by atoms with Crippen molar-refractivity contribution in [3.8, 4) is 0 Å². The number of nitrogens with zero attached hydrogens (tertiary/aromatic N) is 1. The highest BCUT2D eigenvalue weighted by atomic mass is 19.1. The van der Waals surface area contributed by atoms with Crippen molar-refractivity contribution < 1.29 is 14.3 Å². The SMILES string of the molecule is O=C(NCCCCc1ccc(F)cc1)N1Cc2ccc(CO)cc2C1. The molecule has 0 radical (unpaired) electrons. The van der Waals surface area contributed by atoms with Gasteiger partial charge in [0.25, 0.3) is 0 Å². The van der Waals surface area contributed by atoms with Gasteiger partial charge in [-0.3, -0.25) is 0 Å². The number of hydrogen-bond acceptors (Lipinski definition) is 2. The zero-order valence-corrected chi connectivity index (χ0v) is 14.2. The first-order valence-electron chi connectivity index (χ1n) is 8.64. The number of urea groups is 1. The zero-order valence-electron chi connectivity index (χ0n) is 14.2. The van der Waals surface area contributed by atoms with E-state index in [0.717, 1.165) is 41.5 Å². The molecular weight excluding hydrogens is 319 g/mol. The number of carbonyl (C=O) groups excluding carboxylic acids is 1. The summed E-state index contributed by atoms with van der Waals surface area (Å²) in [6.45, 7) is 1.86. The van der Waals surface area contributed by atoms with Gasteiger partial charge in [0.2, 0.25) is 0 Å². The van der Waals surface area contributed by atoms with Crippen LogP contribution in [-0.2, 0) is 26.1 Å². The Kier molecular flexibility index (Phi) is 5.66. The highest BCUT2D eigenvalue weighted by Gasteiger charge is 2.22. The first-order chi connectivity index (χ1) is 12.2. The summed E-state index contributed by atoms with van der Waals surface area (Å²) in [5.41, 5.74) is 4.24. The molecule has 2 amide bonds. The van der Waals surface area contributed by atoms with Crippen LogP contribution in [0, 0.1) is 5.82 Å². The van der Waals surface area contributed by atoms with E-state index in [9.17, 15) is 14.3 Å². The fourth-order valence-electron chi connectivity index (χ4n) is 3.10. The largest absolute Gasteiger partial charge is 0.392 e. The number of amides is 2. The lowest BCUT2D eigenvalue weighted by molar-refractivity contribution is 0.198. The molecule has 0 aromatic heterocycles. The number of benzene rings is 2. The molecule has 0 aliphatic carbocycles. The van der Waals surface area contributed by atoms with Crippen LogP contribution in [-0.4, -0.2) is 22.6 Å². The van der Waals surface area contributed by atoms with Gasteiger partial charge in [0.1, 0.15) is 5.82 Å². The summed E-state index contributed by atoms with van der Waals surface area (Å²) in [6.07, 6.45) is 2.72. The smallest absolute Gasteiger partial charge is 0.318 e. The molecule has 0 saturated heterocycles. The minimum atomic E-state index is -0.214. The molecule has 132 valence electrons. The molecule has 25 heavy (non-hydrogen) atoms. The Morgan fingerprint density at radius 2 is 1.76 bits per heavy atom. The second-order valence-electron chi connectivity index (χ2n) is 6.43. The molecule has 0 unspecified atom stereocenters. The number of rotatable bonds is 6. The van der Waals surface area contributed by atoms with E-state index < -0.39 is 0 Å². The van der Waals surface area contributed by atoms with Crippen molar-refractivity contribution in [1.29, 1.82) is 0 Å². The molecule has 2 aromatic rings. The van der Waals surface area contributed by atoms with Crippen molar-refractivity contribution in [2.45, 2.75) is 39.0 Å². The van der Waals surface area contributed by atoms with Gasteiger partial charge in [0, 0.05) is 19.6 Å². The van der Waals surface area contributed by atoms with Crippen LogP contribution >= 0.6 is 0 Å². The fourth-order valence-corrected chi connectivity index (χ4v) is 3.10. The second-order valence-corrected chi connectivity index (χ2v) is 6.43. The summed E-state index contributed by atoms with van der Waals surface area (Å²) in [5.74, 6) is -0.214. The number of aliphatic hydroxyl groups is 1. The highest BCUT2D eigenvalue weighted by Crippen LogP contribution is 2.23. The van der Waals surface area contributed by atoms with Gasteiger partial charge in [-0.15, -0.1) is 0 Å². The van der Waals surface area contributed by atoms with Crippen LogP contribution in [0.1, 0.15) is 35.1 Å². The van der Waals surface area contributed by atoms with Crippen LogP contribution in [0.4, 0.5) is 9.18 Å². The van der Waals surface area contributed by atoms with Crippen LogP contribution in [0.15, 0.2) is 42.5 Å². The molecule has 0 atom stereocenters. The Labute approximate surface area is 147 Å². The number of hydrogen-bond donors (Lipinski definition) is 2. The average Bonchev–Trinajstić information content (AvgIpc) is 3.06. The van der Waals surface area contributed by atoms with Crippen molar-refractivity contribution in [1.82, 2.24) is 10.2 Å². The summed E-state index contributed by atoms with van der Waals surface area (Å²) >= 11 is 0. The Bertz CT molecular complexity index is 731. The maximum atomic E-state index is 12.8. The van der Waals surface area contributed by atoms with Gasteiger partial charge in [-0.25, -0.2) is 9.18 Å². The van der Waals surface area contributed by atoms with E-state index in [1.54, 1.807) is 17.0 Å². The van der Waals surface area contributed by atoms with Crippen molar-refractivity contribution >= 4 is 6.03 Å². The van der Waals surface area contributed by atoms with Crippen molar-refractivity contribution in [2.75, 3.05) is 6.54 Å². The van der Waals surface area contributed by atoms with E-state index in [1.807, 2.05) is 18.2 Å². The third-order valence-corrected chi connectivity index (χ3v) is 4.54. The normalized spacial score (nSPS) is 13.0. The van der Waals surface area contributed by atoms with Crippen LogP contribution in [0.3, 0.4) is 0 Å². The molecule has 1 aliphatic heterocycles. The Hall–Kier alpha value is -2.40. The summed E-state index contributed by atoms with van der Waals surface area (Å²) in [4.78, 5) is 14.0. The lowest BCUT2D eigenvalue weighted by Crippen LogP contribution is -2.36. The Morgan fingerprint density at radius 3 is 2.52 bits per heavy atom. The van der Waals surface area contributed by atoms with Crippen molar-refractivity contribution in [3.05, 3.63) is 70.5 Å². The number of halogens is 1. The molecule has 3 rings (SSSR count). The average molecular weight is 342 g/mol. The fraction of sp³-hybridized carbons (Fsp3) is 0.350. The zero-order chi connectivity index (χ0) is 17.6. The van der Waals surface area contributed by atoms with E-state index in [1.165, 1.54) is 12.1 Å². The van der Waals surface area contributed by atoms with Crippen LogP contribution in [0.2, 0.25) is 0 Å². The maximum Gasteiger partial charge on any atom is 0.318 e. The molecule has 2 N–H and O–H groups in total. The predicted octanol–water partition coefficient (Wildman–Crippen LogP) is 3.37. The van der Waals surface area contributed by atoms with Gasteiger partial charge in [0.15, 0.2) is 0 Å². The van der Waals surface area contributed by atoms with Gasteiger partial charge in [-0.05, 0) is 53.6 Å². The molecule has 5 heteroatoms. The van der Waals surface area contributed by atoms with Crippen LogP contribution in [0.25, 0.3) is 0 Å². The quantitative estimate of drug-likeness (QED) is 0.791. The lowest BCUT2D eigenvalue weighted by atomic mass is 10.1. The molecule has 0 spiro atoms. The van der Waals surface area contributed by atoms with Crippen molar-refractivity contribution in [3.63, 3.8) is 0 Å². The van der Waals surface area contributed by atoms with Gasteiger partial charge in [-0.2, -0.15) is 0 Å². The molecule has 4 nitrogen and oxygen atoms in total. The monoisotopic (exact) mass is 342 g/mol. The second kappa shape index (κ2) is 8.12. The Balaban J connectivity index is 1.38. The molecule has 1 aliphatic rings. The van der Waals surface area contributed by atoms with Gasteiger partial charge < -0.3 is 15.3 Å². The van der Waals surface area contributed by atoms with Gasteiger partial charge in [-0.1, -0.05) is 30.3 Å². The molecule has 0 saturated carbocycles. The Morgan fingerprint density at radius 1 is 1.04 bits per heavy atom. The molecule has 1 heterocycles. The van der Waals surface area contributed by atoms with E-state index in [2.05, 4.69) is 5.32 Å². The highest BCUT2D eigenvalue weighted by molar-refractivity contribution is 5.75. The number of aliphatic hydroxyl groups excluding tert-OH is 1. The molecule has 0 bridgehead atoms. The predicted molar refractivity (Wildman–Crippen MR) is 94.3 cm³/mol. The first-order valence-corrected chi connectivity index (χ1v) is 8.64. The van der Waals surface area contributed by atoms with E-state index in [0.29, 0.717) is 19.6 Å². The van der Waals surface area contributed by atoms with Crippen LogP contribution in [0.5, 0.6) is 0 Å². The number of fused-ring (bicyclic) bond motifs is 1. The third-order valence-electron chi connectivity index (χ3n) is 4.54. The number of unbranched alkanes of at least 4 members (excludes halogenated alkanes) is 1. The minimum Gasteiger partial charge on any atom is -0.392 e. The summed E-state index contributed by atoms with van der Waals surface area (Å²) in [5, 5.41) is 12.2. The summed E-state index contributed by atoms with van der Waals surface area (Å²) in [7, 11) is 0.